The molecule has 0 spiro atoms. The van der Waals surface area contributed by atoms with Gasteiger partial charge in [-0.05, 0) is 48.9 Å². The Morgan fingerprint density at radius 3 is 2.55 bits per heavy atom. The molecule has 1 heterocycles. The molecular weight excluding hydrogens is 448 g/mol. The van der Waals surface area contributed by atoms with Crippen LogP contribution in [0.15, 0.2) is 63.9 Å². The van der Waals surface area contributed by atoms with E-state index in [2.05, 4.69) is 26.3 Å². The average molecular weight is 464 g/mol. The van der Waals surface area contributed by atoms with Crippen LogP contribution >= 0.6 is 15.9 Å². The van der Waals surface area contributed by atoms with Crippen molar-refractivity contribution in [1.82, 2.24) is 9.78 Å². The van der Waals surface area contributed by atoms with Gasteiger partial charge in [-0.15, -0.1) is 5.10 Å². The van der Waals surface area contributed by atoms with Gasteiger partial charge in [-0.3, -0.25) is 9.59 Å². The van der Waals surface area contributed by atoms with Crippen molar-refractivity contribution in [1.29, 1.82) is 0 Å². The number of amides is 1. The maximum absolute atomic E-state index is 14.0. The number of halogens is 3. The number of rotatable bonds is 6. The third kappa shape index (κ3) is 5.05. The molecule has 3 aromatic rings. The average Bonchev–Trinajstić information content (AvgIpc) is 2.70. The van der Waals surface area contributed by atoms with Gasteiger partial charge in [0.25, 0.3) is 11.5 Å². The third-order valence-electron chi connectivity index (χ3n) is 3.96. The Kier molecular flexibility index (Phi) is 6.38. The van der Waals surface area contributed by atoms with Crippen LogP contribution in [0.2, 0.25) is 0 Å². The monoisotopic (exact) mass is 463 g/mol. The van der Waals surface area contributed by atoms with Crippen molar-refractivity contribution in [2.45, 2.75) is 19.4 Å². The van der Waals surface area contributed by atoms with E-state index in [0.29, 0.717) is 10.2 Å². The maximum Gasteiger partial charge on any atom is 0.271 e. The first-order valence-electron chi connectivity index (χ1n) is 8.66. The van der Waals surface area contributed by atoms with Crippen molar-refractivity contribution in [3.63, 3.8) is 0 Å². The van der Waals surface area contributed by atoms with Crippen LogP contribution in [0.4, 0.5) is 14.5 Å². The van der Waals surface area contributed by atoms with E-state index in [1.165, 1.54) is 48.5 Å². The molecule has 0 aliphatic rings. The number of anilines is 1. The highest BCUT2D eigenvalue weighted by atomic mass is 79.9. The molecular formula is C20H16BrF2N3O3. The molecule has 9 heteroatoms. The summed E-state index contributed by atoms with van der Waals surface area (Å²) in [6.45, 7) is 1.72. The summed E-state index contributed by atoms with van der Waals surface area (Å²) in [5.41, 5.74) is -0.0841. The molecule has 0 radical (unpaired) electrons. The SMILES string of the molecule is CC[C@H](Oc1ccc(=O)n(-c2ccc(F)cc2)n1)C(=O)Nc1ccc(Br)cc1F. The van der Waals surface area contributed by atoms with Crippen LogP contribution in [0.25, 0.3) is 5.69 Å². The highest BCUT2D eigenvalue weighted by Crippen LogP contribution is 2.20. The predicted octanol–water partition coefficient (Wildman–Crippen LogP) is 4.07. The van der Waals surface area contributed by atoms with Gasteiger partial charge in [-0.25, -0.2) is 8.78 Å². The summed E-state index contributed by atoms with van der Waals surface area (Å²) in [4.78, 5) is 24.6. The maximum atomic E-state index is 14.0. The van der Waals surface area contributed by atoms with Gasteiger partial charge in [0.1, 0.15) is 11.6 Å². The van der Waals surface area contributed by atoms with Crippen LogP contribution < -0.4 is 15.6 Å². The summed E-state index contributed by atoms with van der Waals surface area (Å²) in [5, 5.41) is 6.55. The number of nitrogens with zero attached hydrogens (tertiary/aromatic N) is 2. The van der Waals surface area contributed by atoms with Gasteiger partial charge in [0.2, 0.25) is 5.88 Å². The molecule has 0 bridgehead atoms. The summed E-state index contributed by atoms with van der Waals surface area (Å²) < 4.78 is 34.3. The summed E-state index contributed by atoms with van der Waals surface area (Å²) in [5.74, 6) is -1.58. The number of benzene rings is 2. The topological polar surface area (TPSA) is 73.2 Å². The van der Waals surface area contributed by atoms with Gasteiger partial charge in [-0.2, -0.15) is 4.68 Å². The first-order chi connectivity index (χ1) is 13.9. The minimum Gasteiger partial charge on any atom is -0.463 e. The minimum absolute atomic E-state index is 0.0180. The molecule has 0 fully saturated rings. The molecule has 0 saturated carbocycles. The van der Waals surface area contributed by atoms with Crippen molar-refractivity contribution in [2.24, 2.45) is 0 Å². The number of hydrogen-bond acceptors (Lipinski definition) is 4. The molecule has 1 N–H and O–H groups in total. The number of hydrogen-bond donors (Lipinski definition) is 1. The lowest BCUT2D eigenvalue weighted by molar-refractivity contribution is -0.123. The Morgan fingerprint density at radius 1 is 1.17 bits per heavy atom. The summed E-state index contributed by atoms with van der Waals surface area (Å²) in [7, 11) is 0. The zero-order valence-electron chi connectivity index (χ0n) is 15.2. The lowest BCUT2D eigenvalue weighted by atomic mass is 10.2. The number of carbonyl (C=O) groups is 1. The second kappa shape index (κ2) is 8.95. The quantitative estimate of drug-likeness (QED) is 0.597. The fraction of sp³-hybridized carbons (Fsp3) is 0.150. The van der Waals surface area contributed by atoms with Gasteiger partial charge in [0, 0.05) is 16.6 Å². The smallest absolute Gasteiger partial charge is 0.271 e. The molecule has 0 aliphatic carbocycles. The van der Waals surface area contributed by atoms with E-state index < -0.39 is 29.2 Å². The van der Waals surface area contributed by atoms with Gasteiger partial charge in [0.15, 0.2) is 6.10 Å². The summed E-state index contributed by atoms with van der Waals surface area (Å²) >= 11 is 3.15. The zero-order valence-corrected chi connectivity index (χ0v) is 16.8. The predicted molar refractivity (Wildman–Crippen MR) is 107 cm³/mol. The van der Waals surface area contributed by atoms with E-state index in [4.69, 9.17) is 4.74 Å². The van der Waals surface area contributed by atoms with Gasteiger partial charge in [0.05, 0.1) is 11.4 Å². The van der Waals surface area contributed by atoms with Gasteiger partial charge < -0.3 is 10.1 Å². The van der Waals surface area contributed by atoms with E-state index in [1.54, 1.807) is 13.0 Å². The molecule has 1 aromatic heterocycles. The highest BCUT2D eigenvalue weighted by molar-refractivity contribution is 9.10. The highest BCUT2D eigenvalue weighted by Gasteiger charge is 2.21. The van der Waals surface area contributed by atoms with Crippen molar-refractivity contribution in [2.75, 3.05) is 5.32 Å². The largest absolute Gasteiger partial charge is 0.463 e. The molecule has 0 aliphatic heterocycles. The molecule has 150 valence electrons. The molecule has 3 rings (SSSR count). The van der Waals surface area contributed by atoms with E-state index in [-0.39, 0.29) is 18.0 Å². The van der Waals surface area contributed by atoms with E-state index in [0.717, 1.165) is 4.68 Å². The van der Waals surface area contributed by atoms with Crippen LogP contribution in [0.3, 0.4) is 0 Å². The number of ether oxygens (including phenoxy) is 1. The molecule has 6 nitrogen and oxygen atoms in total. The van der Waals surface area contributed by atoms with Crippen LogP contribution in [0, 0.1) is 11.6 Å². The Hall–Kier alpha value is -3.07. The van der Waals surface area contributed by atoms with Crippen molar-refractivity contribution < 1.29 is 18.3 Å². The van der Waals surface area contributed by atoms with E-state index >= 15 is 0 Å². The summed E-state index contributed by atoms with van der Waals surface area (Å²) in [6.07, 6.45) is -0.689. The van der Waals surface area contributed by atoms with Crippen molar-refractivity contribution >= 4 is 27.5 Å². The molecule has 0 unspecified atom stereocenters. The molecule has 29 heavy (non-hydrogen) atoms. The number of nitrogens with one attached hydrogen (secondary N) is 1. The normalized spacial score (nSPS) is 11.7. The van der Waals surface area contributed by atoms with Crippen LogP contribution in [-0.2, 0) is 4.79 Å². The van der Waals surface area contributed by atoms with Crippen molar-refractivity contribution in [3.8, 4) is 11.6 Å². The van der Waals surface area contributed by atoms with E-state index in [9.17, 15) is 18.4 Å². The van der Waals surface area contributed by atoms with Crippen LogP contribution in [0.1, 0.15) is 13.3 Å². The third-order valence-corrected chi connectivity index (χ3v) is 4.46. The lowest BCUT2D eigenvalue weighted by Crippen LogP contribution is -2.33. The van der Waals surface area contributed by atoms with Gasteiger partial charge >= 0.3 is 0 Å². The Morgan fingerprint density at radius 2 is 1.90 bits per heavy atom. The standard InChI is InChI=1S/C20H16BrF2N3O3/c1-2-17(20(28)24-16-8-3-12(21)11-15(16)23)29-18-9-10-19(27)26(25-18)14-6-4-13(22)5-7-14/h3-11,17H,2H2,1H3,(H,24,28)/t17-/m0/s1. The lowest BCUT2D eigenvalue weighted by Gasteiger charge is -2.17. The molecule has 0 saturated heterocycles. The van der Waals surface area contributed by atoms with E-state index in [1.807, 2.05) is 0 Å². The second-order valence-corrected chi connectivity index (χ2v) is 6.94. The Balaban J connectivity index is 1.79. The number of aromatic nitrogens is 2. The summed E-state index contributed by atoms with van der Waals surface area (Å²) in [6, 6.07) is 12.0. The van der Waals surface area contributed by atoms with Gasteiger partial charge in [-0.1, -0.05) is 22.9 Å². The second-order valence-electron chi connectivity index (χ2n) is 6.03. The minimum atomic E-state index is -0.968. The first-order valence-corrected chi connectivity index (χ1v) is 9.45. The first kappa shape index (κ1) is 20.7. The Bertz CT molecular complexity index is 1090. The molecule has 1 amide bonds. The van der Waals surface area contributed by atoms with Crippen LogP contribution in [-0.4, -0.2) is 21.8 Å². The fourth-order valence-corrected chi connectivity index (χ4v) is 2.83. The molecule has 1 atom stereocenters. The fourth-order valence-electron chi connectivity index (χ4n) is 2.50. The molecule has 2 aromatic carbocycles. The van der Waals surface area contributed by atoms with Crippen LogP contribution in [0.5, 0.6) is 5.88 Å². The number of carbonyl (C=O) groups excluding carboxylic acids is 1. The Labute approximate surface area is 173 Å². The zero-order chi connectivity index (χ0) is 21.0. The van der Waals surface area contributed by atoms with Crippen molar-refractivity contribution in [3.05, 3.63) is 81.1 Å².